The van der Waals surface area contributed by atoms with Crippen molar-refractivity contribution in [2.24, 2.45) is 0 Å². The van der Waals surface area contributed by atoms with Crippen LogP contribution in [0.4, 0.5) is 5.69 Å². The number of hydrazine groups is 1. The molecule has 0 aromatic carbocycles. The predicted molar refractivity (Wildman–Crippen MR) is 138 cm³/mol. The molecule has 2 aromatic rings. The molecule has 10 heteroatoms. The zero-order chi connectivity index (χ0) is 26.1. The summed E-state index contributed by atoms with van der Waals surface area (Å²) in [5, 5.41) is 18.8. The van der Waals surface area contributed by atoms with Crippen LogP contribution in [0.3, 0.4) is 0 Å². The van der Waals surface area contributed by atoms with E-state index < -0.39 is 12.0 Å². The summed E-state index contributed by atoms with van der Waals surface area (Å²) in [6.07, 6.45) is 6.83. The quantitative estimate of drug-likeness (QED) is 0.296. The number of carboxylic acid groups (broad SMARTS) is 1. The summed E-state index contributed by atoms with van der Waals surface area (Å²) >= 11 is 1.47. The molecule has 1 aliphatic rings. The molecule has 0 spiro atoms. The molecule has 36 heavy (non-hydrogen) atoms. The zero-order valence-electron chi connectivity index (χ0n) is 21.0. The number of thiophene rings is 1. The van der Waals surface area contributed by atoms with E-state index in [-0.39, 0.29) is 23.1 Å². The van der Waals surface area contributed by atoms with Gasteiger partial charge < -0.3 is 15.2 Å². The Hall–Kier alpha value is -3.24. The van der Waals surface area contributed by atoms with Crippen LogP contribution in [0, 0.1) is 6.92 Å². The fraction of sp³-hybridized carbons (Fsp3) is 0.462. The van der Waals surface area contributed by atoms with Gasteiger partial charge in [0.2, 0.25) is 0 Å². The molecule has 1 amide bonds. The molecule has 3 heterocycles. The average Bonchev–Trinajstić information content (AvgIpc) is 3.38. The van der Waals surface area contributed by atoms with E-state index in [0.29, 0.717) is 31.8 Å². The number of carbonyl (C=O) groups is 3. The Kier molecular flexibility index (Phi) is 10.0. The van der Waals surface area contributed by atoms with Crippen molar-refractivity contribution >= 4 is 34.9 Å². The van der Waals surface area contributed by atoms with Crippen LogP contribution in [-0.4, -0.2) is 57.7 Å². The van der Waals surface area contributed by atoms with Crippen LogP contribution < -0.4 is 5.32 Å². The van der Waals surface area contributed by atoms with Gasteiger partial charge in [0.15, 0.2) is 0 Å². The third-order valence-electron chi connectivity index (χ3n) is 6.06. The molecule has 1 aliphatic heterocycles. The van der Waals surface area contributed by atoms with Crippen LogP contribution in [0.1, 0.15) is 62.4 Å². The standard InChI is InChI=1S/C26H34N4O5S/c1-4-29-25(32)23(28-19-17-27-14-13-18(19)3)22(26(33)34)24(20-11-10-16-36-20)30(29)15-9-7-6-8-12-21(31)35-5-2/h10-11,13-14,16-17,24,28H,4-9,12,15H2,1-3H3,(H,33,34). The van der Waals surface area contributed by atoms with Crippen LogP contribution in [0.25, 0.3) is 0 Å². The molecule has 2 N–H and O–H groups in total. The lowest BCUT2D eigenvalue weighted by molar-refractivity contribution is -0.154. The maximum Gasteiger partial charge on any atom is 0.335 e. The summed E-state index contributed by atoms with van der Waals surface area (Å²) in [4.78, 5) is 42.8. The number of esters is 1. The van der Waals surface area contributed by atoms with Crippen molar-refractivity contribution in [3.63, 3.8) is 0 Å². The number of hydrogen-bond donors (Lipinski definition) is 2. The molecule has 0 fully saturated rings. The van der Waals surface area contributed by atoms with Gasteiger partial charge in [-0.05, 0) is 56.7 Å². The first-order valence-corrected chi connectivity index (χ1v) is 13.2. The Morgan fingerprint density at radius 3 is 2.61 bits per heavy atom. The van der Waals surface area contributed by atoms with Crippen LogP contribution >= 0.6 is 11.3 Å². The van der Waals surface area contributed by atoms with Gasteiger partial charge in [-0.2, -0.15) is 0 Å². The molecule has 0 aliphatic carbocycles. The first kappa shape index (κ1) is 27.3. The molecule has 0 bridgehead atoms. The highest BCUT2D eigenvalue weighted by Crippen LogP contribution is 2.39. The monoisotopic (exact) mass is 514 g/mol. The molecule has 1 atom stereocenters. The van der Waals surface area contributed by atoms with Gasteiger partial charge >= 0.3 is 11.9 Å². The third-order valence-corrected chi connectivity index (χ3v) is 6.99. The second kappa shape index (κ2) is 13.2. The lowest BCUT2D eigenvalue weighted by Gasteiger charge is -2.44. The summed E-state index contributed by atoms with van der Waals surface area (Å²) in [5.41, 5.74) is 1.54. The fourth-order valence-electron chi connectivity index (χ4n) is 4.30. The maximum absolute atomic E-state index is 13.6. The van der Waals surface area contributed by atoms with Gasteiger partial charge in [-0.25, -0.2) is 9.80 Å². The van der Waals surface area contributed by atoms with Gasteiger partial charge in [-0.3, -0.25) is 19.6 Å². The molecule has 194 valence electrons. The highest BCUT2D eigenvalue weighted by Gasteiger charge is 2.43. The number of pyridine rings is 1. The minimum absolute atomic E-state index is 0.0257. The van der Waals surface area contributed by atoms with E-state index in [1.807, 2.05) is 36.4 Å². The van der Waals surface area contributed by atoms with Crippen molar-refractivity contribution in [1.82, 2.24) is 15.0 Å². The van der Waals surface area contributed by atoms with Crippen molar-refractivity contribution in [1.29, 1.82) is 0 Å². The minimum Gasteiger partial charge on any atom is -0.478 e. The Balaban J connectivity index is 1.87. The molecular formula is C26H34N4O5S. The SMILES string of the molecule is CCOC(=O)CCCCCCN1C(c2cccs2)C(C(=O)O)=C(Nc2cnccc2C)C(=O)N1CC. The van der Waals surface area contributed by atoms with Gasteiger partial charge in [-0.1, -0.05) is 18.9 Å². The molecule has 0 radical (unpaired) electrons. The number of unbranched alkanes of at least 4 members (excludes halogenated alkanes) is 3. The fourth-order valence-corrected chi connectivity index (χ4v) is 5.14. The zero-order valence-corrected chi connectivity index (χ0v) is 21.8. The number of anilines is 1. The van der Waals surface area contributed by atoms with Gasteiger partial charge in [0.25, 0.3) is 5.91 Å². The average molecular weight is 515 g/mol. The number of nitrogens with one attached hydrogen (secondary N) is 1. The van der Waals surface area contributed by atoms with Crippen molar-refractivity contribution in [2.45, 2.75) is 58.9 Å². The summed E-state index contributed by atoms with van der Waals surface area (Å²) in [6, 6.07) is 4.98. The van der Waals surface area contributed by atoms with E-state index in [0.717, 1.165) is 36.1 Å². The van der Waals surface area contributed by atoms with Gasteiger partial charge in [0.05, 0.1) is 30.1 Å². The maximum atomic E-state index is 13.6. The number of amides is 1. The molecule has 0 saturated heterocycles. The van der Waals surface area contributed by atoms with E-state index in [9.17, 15) is 19.5 Å². The normalized spacial score (nSPS) is 16.4. The van der Waals surface area contributed by atoms with E-state index in [1.165, 1.54) is 11.3 Å². The highest BCUT2D eigenvalue weighted by atomic mass is 32.1. The van der Waals surface area contributed by atoms with Crippen molar-refractivity contribution in [2.75, 3.05) is 25.0 Å². The number of ether oxygens (including phenoxy) is 1. The number of aliphatic carboxylic acids is 1. The Morgan fingerprint density at radius 2 is 1.97 bits per heavy atom. The number of likely N-dealkylation sites (N-methyl/N-ethyl adjacent to an activating group) is 1. The van der Waals surface area contributed by atoms with Gasteiger partial charge in [0, 0.05) is 30.6 Å². The number of hydrogen-bond acceptors (Lipinski definition) is 8. The van der Waals surface area contributed by atoms with E-state index >= 15 is 0 Å². The number of aryl methyl sites for hydroxylation is 1. The van der Waals surface area contributed by atoms with E-state index in [4.69, 9.17) is 4.74 Å². The molecular weight excluding hydrogens is 480 g/mol. The second-order valence-corrected chi connectivity index (χ2v) is 9.46. The predicted octanol–water partition coefficient (Wildman–Crippen LogP) is 4.54. The van der Waals surface area contributed by atoms with Crippen LogP contribution in [0.5, 0.6) is 0 Å². The summed E-state index contributed by atoms with van der Waals surface area (Å²) in [5.74, 6) is -1.71. The number of carboxylic acids is 1. The Bertz CT molecular complexity index is 1090. The number of aromatic nitrogens is 1. The van der Waals surface area contributed by atoms with Crippen LogP contribution in [0.2, 0.25) is 0 Å². The third kappa shape index (κ3) is 6.50. The van der Waals surface area contributed by atoms with E-state index in [1.54, 1.807) is 30.4 Å². The first-order chi connectivity index (χ1) is 17.4. The topological polar surface area (TPSA) is 112 Å². The van der Waals surface area contributed by atoms with Crippen molar-refractivity contribution in [3.05, 3.63) is 57.7 Å². The number of rotatable bonds is 13. The number of carbonyl (C=O) groups excluding carboxylic acids is 2. The molecule has 1 unspecified atom stereocenters. The summed E-state index contributed by atoms with van der Waals surface area (Å²) < 4.78 is 4.97. The van der Waals surface area contributed by atoms with E-state index in [2.05, 4.69) is 10.3 Å². The largest absolute Gasteiger partial charge is 0.478 e. The Labute approximate surface area is 215 Å². The molecule has 2 aromatic heterocycles. The lowest BCUT2D eigenvalue weighted by atomic mass is 9.98. The van der Waals surface area contributed by atoms with Crippen LogP contribution in [-0.2, 0) is 19.1 Å². The first-order valence-electron chi connectivity index (χ1n) is 12.3. The van der Waals surface area contributed by atoms with Gasteiger partial charge in [0.1, 0.15) is 5.70 Å². The highest BCUT2D eigenvalue weighted by molar-refractivity contribution is 7.10. The lowest BCUT2D eigenvalue weighted by Crippen LogP contribution is -2.55. The Morgan fingerprint density at radius 1 is 1.19 bits per heavy atom. The summed E-state index contributed by atoms with van der Waals surface area (Å²) in [6.45, 7) is 6.84. The van der Waals surface area contributed by atoms with Crippen molar-refractivity contribution in [3.8, 4) is 0 Å². The van der Waals surface area contributed by atoms with Crippen LogP contribution in [0.15, 0.2) is 47.2 Å². The second-order valence-electron chi connectivity index (χ2n) is 8.48. The minimum atomic E-state index is -1.14. The smallest absolute Gasteiger partial charge is 0.335 e. The molecule has 9 nitrogen and oxygen atoms in total. The number of nitrogens with zero attached hydrogens (tertiary/aromatic N) is 3. The van der Waals surface area contributed by atoms with Crippen molar-refractivity contribution < 1.29 is 24.2 Å². The molecule has 3 rings (SSSR count). The van der Waals surface area contributed by atoms with Gasteiger partial charge in [-0.15, -0.1) is 11.3 Å². The summed E-state index contributed by atoms with van der Waals surface area (Å²) in [7, 11) is 0. The molecule has 0 saturated carbocycles.